The first-order chi connectivity index (χ1) is 29.0. The standard InChI is InChI=1S/C53H100O6/c1-4-7-10-13-16-19-21-23-25-26-27-28-29-31-32-34-37-40-43-46-52(55)58-49-50(48-57-51(54)45-42-39-36-18-15-12-9-6-3)59-53(56)47-44-41-38-35-33-30-24-22-20-17-14-11-8-5-2/h22,24,50H,4-21,23,25-49H2,1-3H3/b24-22-. The van der Waals surface area contributed by atoms with Crippen LogP contribution in [0.1, 0.15) is 290 Å². The summed E-state index contributed by atoms with van der Waals surface area (Å²) in [4.78, 5) is 37.8. The van der Waals surface area contributed by atoms with E-state index in [1.165, 1.54) is 186 Å². The third kappa shape index (κ3) is 47.1. The maximum atomic E-state index is 12.7. The number of carbonyl (C=O) groups is 3. The first kappa shape index (κ1) is 57.1. The minimum absolute atomic E-state index is 0.0685. The van der Waals surface area contributed by atoms with Crippen LogP contribution in [0.15, 0.2) is 12.2 Å². The maximum Gasteiger partial charge on any atom is 0.306 e. The molecule has 0 heterocycles. The second kappa shape index (κ2) is 48.8. The Balaban J connectivity index is 4.21. The maximum absolute atomic E-state index is 12.7. The van der Waals surface area contributed by atoms with Gasteiger partial charge in [-0.15, -0.1) is 0 Å². The highest BCUT2D eigenvalue weighted by atomic mass is 16.6. The predicted molar refractivity (Wildman–Crippen MR) is 252 cm³/mol. The Bertz CT molecular complexity index is 916. The van der Waals surface area contributed by atoms with Gasteiger partial charge in [-0.1, -0.05) is 238 Å². The molecule has 0 rings (SSSR count). The van der Waals surface area contributed by atoms with Crippen molar-refractivity contribution in [1.29, 1.82) is 0 Å². The van der Waals surface area contributed by atoms with Crippen molar-refractivity contribution >= 4 is 17.9 Å². The summed E-state index contributed by atoms with van der Waals surface area (Å²) >= 11 is 0. The zero-order valence-electron chi connectivity index (χ0n) is 39.8. The summed E-state index contributed by atoms with van der Waals surface area (Å²) in [6.45, 7) is 6.63. The van der Waals surface area contributed by atoms with E-state index in [0.29, 0.717) is 19.3 Å². The fourth-order valence-corrected chi connectivity index (χ4v) is 7.79. The van der Waals surface area contributed by atoms with Crippen molar-refractivity contribution in [3.8, 4) is 0 Å². The molecule has 0 spiro atoms. The summed E-state index contributed by atoms with van der Waals surface area (Å²) in [5, 5.41) is 0. The Labute approximate surface area is 367 Å². The van der Waals surface area contributed by atoms with Crippen LogP contribution >= 0.6 is 0 Å². The van der Waals surface area contributed by atoms with Crippen molar-refractivity contribution < 1.29 is 28.6 Å². The van der Waals surface area contributed by atoms with Gasteiger partial charge in [0, 0.05) is 19.3 Å². The average Bonchev–Trinajstić information content (AvgIpc) is 3.23. The molecule has 0 saturated heterocycles. The van der Waals surface area contributed by atoms with Crippen molar-refractivity contribution in [1.82, 2.24) is 0 Å². The SMILES string of the molecule is CCCCCCC/C=C\CCCCCCCC(=O)OC(COC(=O)CCCCCCCCCC)COC(=O)CCCCCCCCCCCCCCCCCCCCC. The fraction of sp³-hybridized carbons (Fsp3) is 0.906. The molecule has 0 aliphatic heterocycles. The van der Waals surface area contributed by atoms with Crippen molar-refractivity contribution in [2.45, 2.75) is 297 Å². The Morgan fingerprint density at radius 3 is 0.847 bits per heavy atom. The second-order valence-electron chi connectivity index (χ2n) is 17.8. The van der Waals surface area contributed by atoms with Crippen molar-refractivity contribution in [3.05, 3.63) is 12.2 Å². The van der Waals surface area contributed by atoms with Crippen molar-refractivity contribution in [2.24, 2.45) is 0 Å². The second-order valence-corrected chi connectivity index (χ2v) is 17.8. The van der Waals surface area contributed by atoms with Gasteiger partial charge in [0.05, 0.1) is 0 Å². The molecule has 348 valence electrons. The summed E-state index contributed by atoms with van der Waals surface area (Å²) in [5.41, 5.74) is 0. The largest absolute Gasteiger partial charge is 0.462 e. The van der Waals surface area contributed by atoms with E-state index < -0.39 is 6.10 Å². The van der Waals surface area contributed by atoms with E-state index in [4.69, 9.17) is 14.2 Å². The summed E-state index contributed by atoms with van der Waals surface area (Å²) in [6.07, 6.45) is 53.5. The number of rotatable bonds is 48. The quantitative estimate of drug-likeness (QED) is 0.0263. The lowest BCUT2D eigenvalue weighted by Crippen LogP contribution is -2.30. The van der Waals surface area contributed by atoms with Gasteiger partial charge >= 0.3 is 17.9 Å². The molecule has 0 aromatic heterocycles. The van der Waals surface area contributed by atoms with Crippen LogP contribution in [0.5, 0.6) is 0 Å². The molecule has 0 amide bonds. The monoisotopic (exact) mass is 833 g/mol. The van der Waals surface area contributed by atoms with Gasteiger partial charge in [0.1, 0.15) is 13.2 Å². The van der Waals surface area contributed by atoms with E-state index in [-0.39, 0.29) is 31.1 Å². The van der Waals surface area contributed by atoms with Crippen LogP contribution in [-0.4, -0.2) is 37.2 Å². The number of hydrogen-bond acceptors (Lipinski definition) is 6. The minimum Gasteiger partial charge on any atom is -0.462 e. The normalized spacial score (nSPS) is 12.0. The van der Waals surface area contributed by atoms with Gasteiger partial charge in [-0.05, 0) is 44.9 Å². The molecule has 0 aliphatic carbocycles. The molecule has 0 aromatic carbocycles. The van der Waals surface area contributed by atoms with Crippen LogP contribution in [0.4, 0.5) is 0 Å². The van der Waals surface area contributed by atoms with Crippen LogP contribution < -0.4 is 0 Å². The summed E-state index contributed by atoms with van der Waals surface area (Å²) < 4.78 is 16.8. The Morgan fingerprint density at radius 2 is 0.559 bits per heavy atom. The smallest absolute Gasteiger partial charge is 0.306 e. The molecule has 0 saturated carbocycles. The molecule has 6 nitrogen and oxygen atoms in total. The number of esters is 3. The number of unbranched alkanes of at least 4 members (excludes halogenated alkanes) is 35. The summed E-state index contributed by atoms with van der Waals surface area (Å²) in [7, 11) is 0. The molecular weight excluding hydrogens is 733 g/mol. The van der Waals surface area contributed by atoms with Gasteiger partial charge in [0.15, 0.2) is 6.10 Å². The molecule has 1 atom stereocenters. The zero-order chi connectivity index (χ0) is 43.0. The van der Waals surface area contributed by atoms with E-state index in [1.54, 1.807) is 0 Å². The summed E-state index contributed by atoms with van der Waals surface area (Å²) in [6, 6.07) is 0. The number of allylic oxidation sites excluding steroid dienone is 2. The van der Waals surface area contributed by atoms with Gasteiger partial charge in [-0.3, -0.25) is 14.4 Å². The van der Waals surface area contributed by atoms with E-state index in [1.807, 2.05) is 0 Å². The number of hydrogen-bond donors (Lipinski definition) is 0. The summed E-state index contributed by atoms with van der Waals surface area (Å²) in [5.74, 6) is -0.866. The van der Waals surface area contributed by atoms with Crippen LogP contribution in [0.25, 0.3) is 0 Å². The minimum atomic E-state index is -0.766. The lowest BCUT2D eigenvalue weighted by molar-refractivity contribution is -0.167. The van der Waals surface area contributed by atoms with E-state index >= 15 is 0 Å². The highest BCUT2D eigenvalue weighted by Crippen LogP contribution is 2.16. The van der Waals surface area contributed by atoms with Gasteiger partial charge in [-0.2, -0.15) is 0 Å². The highest BCUT2D eigenvalue weighted by Gasteiger charge is 2.19. The van der Waals surface area contributed by atoms with E-state index in [9.17, 15) is 14.4 Å². The van der Waals surface area contributed by atoms with Gasteiger partial charge < -0.3 is 14.2 Å². The van der Waals surface area contributed by atoms with Crippen LogP contribution in [0.2, 0.25) is 0 Å². The van der Waals surface area contributed by atoms with Crippen LogP contribution in [0, 0.1) is 0 Å². The molecule has 0 aromatic rings. The first-order valence-electron chi connectivity index (χ1n) is 26.2. The zero-order valence-corrected chi connectivity index (χ0v) is 39.8. The van der Waals surface area contributed by atoms with E-state index in [2.05, 4.69) is 32.9 Å². The third-order valence-electron chi connectivity index (χ3n) is 11.8. The van der Waals surface area contributed by atoms with Crippen LogP contribution in [-0.2, 0) is 28.6 Å². The number of carbonyl (C=O) groups excluding carboxylic acids is 3. The Kier molecular flexibility index (Phi) is 47.3. The molecular formula is C53H100O6. The molecule has 0 fully saturated rings. The topological polar surface area (TPSA) is 78.9 Å². The molecule has 0 radical (unpaired) electrons. The Hall–Kier alpha value is -1.85. The molecule has 6 heteroatoms. The lowest BCUT2D eigenvalue weighted by atomic mass is 10.0. The van der Waals surface area contributed by atoms with Gasteiger partial charge in [-0.25, -0.2) is 0 Å². The Morgan fingerprint density at radius 1 is 0.322 bits per heavy atom. The molecule has 0 bridgehead atoms. The number of ether oxygens (including phenoxy) is 3. The average molecular weight is 833 g/mol. The molecule has 0 N–H and O–H groups in total. The van der Waals surface area contributed by atoms with Gasteiger partial charge in [0.2, 0.25) is 0 Å². The molecule has 59 heavy (non-hydrogen) atoms. The third-order valence-corrected chi connectivity index (χ3v) is 11.8. The molecule has 1 unspecified atom stereocenters. The van der Waals surface area contributed by atoms with Crippen LogP contribution in [0.3, 0.4) is 0 Å². The highest BCUT2D eigenvalue weighted by molar-refractivity contribution is 5.71. The lowest BCUT2D eigenvalue weighted by Gasteiger charge is -2.18. The molecule has 0 aliphatic rings. The fourth-order valence-electron chi connectivity index (χ4n) is 7.79. The van der Waals surface area contributed by atoms with Crippen molar-refractivity contribution in [3.63, 3.8) is 0 Å². The predicted octanol–water partition coefficient (Wildman–Crippen LogP) is 17.0. The van der Waals surface area contributed by atoms with Gasteiger partial charge in [0.25, 0.3) is 0 Å². The van der Waals surface area contributed by atoms with Crippen molar-refractivity contribution in [2.75, 3.05) is 13.2 Å². The first-order valence-corrected chi connectivity index (χ1v) is 26.2. The van der Waals surface area contributed by atoms with E-state index in [0.717, 1.165) is 64.2 Å².